The number of alkyl halides is 3. The van der Waals surface area contributed by atoms with E-state index in [0.29, 0.717) is 16.4 Å². The zero-order chi connectivity index (χ0) is 22.1. The Morgan fingerprint density at radius 1 is 1.13 bits per heavy atom. The second kappa shape index (κ2) is 8.00. The minimum absolute atomic E-state index is 0.0123. The monoisotopic (exact) mass is 433 g/mol. The Morgan fingerprint density at radius 2 is 1.83 bits per heavy atom. The number of ether oxygens (including phenoxy) is 2. The first-order chi connectivity index (χ1) is 14.2. The van der Waals surface area contributed by atoms with Crippen LogP contribution in [0.25, 0.3) is 5.69 Å². The van der Waals surface area contributed by atoms with Gasteiger partial charge in [0.05, 0.1) is 18.4 Å². The lowest BCUT2D eigenvalue weighted by Crippen LogP contribution is -2.35. The zero-order valence-electron chi connectivity index (χ0n) is 15.7. The number of aromatic nitrogens is 2. The summed E-state index contributed by atoms with van der Waals surface area (Å²) in [5, 5.41) is 5.54. The summed E-state index contributed by atoms with van der Waals surface area (Å²) in [6, 6.07) is 12.0. The molecule has 30 heavy (non-hydrogen) atoms. The molecule has 1 aromatic heterocycles. The van der Waals surface area contributed by atoms with Crippen LogP contribution in [0.15, 0.2) is 52.1 Å². The summed E-state index contributed by atoms with van der Waals surface area (Å²) in [5.74, 6) is 0.478. The summed E-state index contributed by atoms with van der Waals surface area (Å²) in [6.45, 7) is 1.80. The molecule has 0 fully saturated rings. The summed E-state index contributed by atoms with van der Waals surface area (Å²) in [4.78, 5) is 26.7. The SMILES string of the molecule is COc1cc(C#N)c(Oc2ccccc2C)cc1-n1c(=O)cc(C(F)(F)Cl)[nH]c1=O. The first-order valence-corrected chi connectivity index (χ1v) is 8.83. The highest BCUT2D eigenvalue weighted by molar-refractivity contribution is 6.21. The van der Waals surface area contributed by atoms with Gasteiger partial charge in [-0.15, -0.1) is 0 Å². The van der Waals surface area contributed by atoms with Crippen molar-refractivity contribution in [2.24, 2.45) is 0 Å². The van der Waals surface area contributed by atoms with Crippen LogP contribution in [0, 0.1) is 18.3 Å². The van der Waals surface area contributed by atoms with E-state index in [1.807, 2.05) is 11.1 Å². The molecular weight excluding hydrogens is 420 g/mol. The van der Waals surface area contributed by atoms with Crippen LogP contribution in [0.1, 0.15) is 16.8 Å². The minimum atomic E-state index is -3.93. The summed E-state index contributed by atoms with van der Waals surface area (Å²) in [5.41, 5.74) is -2.52. The van der Waals surface area contributed by atoms with Gasteiger partial charge in [-0.3, -0.25) is 4.79 Å². The summed E-state index contributed by atoms with van der Waals surface area (Å²) in [6.07, 6.45) is 0. The molecule has 1 N–H and O–H groups in total. The number of nitrogens with one attached hydrogen (secondary N) is 1. The molecule has 0 aliphatic carbocycles. The molecule has 2 aromatic carbocycles. The van der Waals surface area contributed by atoms with Crippen LogP contribution in [0.2, 0.25) is 0 Å². The van der Waals surface area contributed by atoms with Crippen LogP contribution in [0.5, 0.6) is 17.2 Å². The number of rotatable bonds is 5. The molecular formula is C20H14ClF2N3O4. The number of benzene rings is 2. The number of hydrogen-bond acceptors (Lipinski definition) is 5. The summed E-state index contributed by atoms with van der Waals surface area (Å²) < 4.78 is 38.2. The Kier molecular flexibility index (Phi) is 5.62. The molecule has 0 spiro atoms. The average molecular weight is 434 g/mol. The van der Waals surface area contributed by atoms with Gasteiger partial charge >= 0.3 is 11.1 Å². The highest BCUT2D eigenvalue weighted by Gasteiger charge is 2.31. The molecule has 0 aliphatic rings. The van der Waals surface area contributed by atoms with Crippen molar-refractivity contribution in [1.82, 2.24) is 9.55 Å². The highest BCUT2D eigenvalue weighted by Crippen LogP contribution is 2.34. The second-order valence-corrected chi connectivity index (χ2v) is 6.63. The topological polar surface area (TPSA) is 97.1 Å². The van der Waals surface area contributed by atoms with Crippen LogP contribution in [0.3, 0.4) is 0 Å². The quantitative estimate of drug-likeness (QED) is 0.617. The molecule has 0 radical (unpaired) electrons. The molecule has 0 saturated heterocycles. The molecule has 0 aliphatic heterocycles. The Balaban J connectivity index is 2.23. The third kappa shape index (κ3) is 4.04. The fraction of sp³-hybridized carbons (Fsp3) is 0.150. The maximum atomic E-state index is 13.3. The Hall–Kier alpha value is -3.64. The lowest BCUT2D eigenvalue weighted by atomic mass is 10.1. The summed E-state index contributed by atoms with van der Waals surface area (Å²) >= 11 is 4.90. The van der Waals surface area contributed by atoms with Crippen molar-refractivity contribution >= 4 is 11.6 Å². The van der Waals surface area contributed by atoms with Crippen molar-refractivity contribution in [3.63, 3.8) is 0 Å². The fourth-order valence-corrected chi connectivity index (χ4v) is 2.83. The largest absolute Gasteiger partial charge is 0.495 e. The Bertz CT molecular complexity index is 1240. The van der Waals surface area contributed by atoms with Crippen molar-refractivity contribution in [3.8, 4) is 29.0 Å². The van der Waals surface area contributed by atoms with Crippen molar-refractivity contribution in [2.45, 2.75) is 12.3 Å². The van der Waals surface area contributed by atoms with E-state index in [-0.39, 0.29) is 22.7 Å². The number of halogens is 3. The lowest BCUT2D eigenvalue weighted by molar-refractivity contribution is 0.0892. The predicted octanol–water partition coefficient (Wildman–Crippen LogP) is 3.79. The van der Waals surface area contributed by atoms with Gasteiger partial charge in [-0.05, 0) is 30.2 Å². The number of para-hydroxylation sites is 1. The fourth-order valence-electron chi connectivity index (χ4n) is 2.72. The Morgan fingerprint density at radius 3 is 2.40 bits per heavy atom. The number of methoxy groups -OCH3 is 1. The van der Waals surface area contributed by atoms with Gasteiger partial charge in [0.1, 0.15) is 29.0 Å². The van der Waals surface area contributed by atoms with Gasteiger partial charge in [-0.2, -0.15) is 14.0 Å². The van der Waals surface area contributed by atoms with E-state index in [4.69, 9.17) is 21.1 Å². The van der Waals surface area contributed by atoms with E-state index < -0.39 is 22.3 Å². The maximum Gasteiger partial charge on any atom is 0.362 e. The zero-order valence-corrected chi connectivity index (χ0v) is 16.5. The molecule has 0 atom stereocenters. The minimum Gasteiger partial charge on any atom is -0.495 e. The van der Waals surface area contributed by atoms with Crippen LogP contribution in [-0.2, 0) is 5.38 Å². The third-order valence-corrected chi connectivity index (χ3v) is 4.40. The van der Waals surface area contributed by atoms with Gasteiger partial charge in [0.15, 0.2) is 0 Å². The highest BCUT2D eigenvalue weighted by atomic mass is 35.5. The first kappa shape index (κ1) is 21.1. The average Bonchev–Trinajstić information content (AvgIpc) is 2.68. The normalized spacial score (nSPS) is 11.1. The van der Waals surface area contributed by atoms with Crippen LogP contribution in [-0.4, -0.2) is 16.7 Å². The molecule has 3 rings (SSSR count). The lowest BCUT2D eigenvalue weighted by Gasteiger charge is -2.16. The van der Waals surface area contributed by atoms with E-state index in [1.54, 1.807) is 31.2 Å². The smallest absolute Gasteiger partial charge is 0.362 e. The molecule has 7 nitrogen and oxygen atoms in total. The predicted molar refractivity (Wildman–Crippen MR) is 105 cm³/mol. The molecule has 154 valence electrons. The van der Waals surface area contributed by atoms with Crippen molar-refractivity contribution < 1.29 is 18.3 Å². The maximum absolute atomic E-state index is 13.3. The number of aryl methyl sites for hydroxylation is 1. The van der Waals surface area contributed by atoms with Gasteiger partial charge in [0.25, 0.3) is 5.56 Å². The van der Waals surface area contributed by atoms with Crippen LogP contribution < -0.4 is 20.7 Å². The molecule has 1 heterocycles. The number of aromatic amines is 1. The van der Waals surface area contributed by atoms with Crippen LogP contribution in [0.4, 0.5) is 8.78 Å². The number of nitrogens with zero attached hydrogens (tertiary/aromatic N) is 2. The first-order valence-electron chi connectivity index (χ1n) is 8.45. The standard InChI is InChI=1S/C20H14ClF2N3O4/c1-11-5-3-4-6-14(11)30-15-8-13(16(29-2)7-12(15)10-24)26-18(27)9-17(20(21,22)23)25-19(26)28/h3-9H,1-2H3,(H,25,28). The van der Waals surface area contributed by atoms with Crippen LogP contribution >= 0.6 is 11.6 Å². The van der Waals surface area contributed by atoms with Gasteiger partial charge in [-0.25, -0.2) is 9.36 Å². The molecule has 3 aromatic rings. The van der Waals surface area contributed by atoms with E-state index >= 15 is 0 Å². The van der Waals surface area contributed by atoms with Gasteiger partial charge in [0.2, 0.25) is 0 Å². The van der Waals surface area contributed by atoms with E-state index in [2.05, 4.69) is 0 Å². The molecule has 0 unspecified atom stereocenters. The second-order valence-electron chi connectivity index (χ2n) is 6.16. The molecule has 10 heteroatoms. The van der Waals surface area contributed by atoms with E-state index in [9.17, 15) is 23.6 Å². The number of nitriles is 1. The number of H-pyrrole nitrogens is 1. The van der Waals surface area contributed by atoms with Gasteiger partial charge < -0.3 is 14.5 Å². The number of hydrogen-bond donors (Lipinski definition) is 1. The Labute approximate surface area is 173 Å². The third-order valence-electron chi connectivity index (χ3n) is 4.19. The van der Waals surface area contributed by atoms with Crippen molar-refractivity contribution in [3.05, 3.63) is 80.1 Å². The van der Waals surface area contributed by atoms with E-state index in [0.717, 1.165) is 5.56 Å². The molecule has 0 saturated carbocycles. The molecule has 0 bridgehead atoms. The van der Waals surface area contributed by atoms with Gasteiger partial charge in [0, 0.05) is 18.2 Å². The van der Waals surface area contributed by atoms with E-state index in [1.165, 1.54) is 19.2 Å². The van der Waals surface area contributed by atoms with Crippen molar-refractivity contribution in [1.29, 1.82) is 5.26 Å². The van der Waals surface area contributed by atoms with Gasteiger partial charge in [-0.1, -0.05) is 18.2 Å². The summed E-state index contributed by atoms with van der Waals surface area (Å²) in [7, 11) is 1.27. The molecule has 0 amide bonds. The van der Waals surface area contributed by atoms with Crippen molar-refractivity contribution in [2.75, 3.05) is 7.11 Å².